The molecule has 0 aromatic carbocycles. The van der Waals surface area contributed by atoms with Crippen LogP contribution in [0.4, 0.5) is 0 Å². The second-order valence-electron chi connectivity index (χ2n) is 6.38. The zero-order valence-electron chi connectivity index (χ0n) is 12.8. The first-order valence-electron chi connectivity index (χ1n) is 8.35. The van der Waals surface area contributed by atoms with Gasteiger partial charge >= 0.3 is 0 Å². The second-order valence-corrected chi connectivity index (χ2v) is 6.38. The first-order chi connectivity index (χ1) is 10.3. The van der Waals surface area contributed by atoms with Crippen LogP contribution in [-0.4, -0.2) is 48.4 Å². The van der Waals surface area contributed by atoms with E-state index >= 15 is 0 Å². The van der Waals surface area contributed by atoms with Crippen molar-refractivity contribution in [2.45, 2.75) is 38.5 Å². The molecule has 0 radical (unpaired) electrons. The fourth-order valence-corrected chi connectivity index (χ4v) is 3.50. The van der Waals surface area contributed by atoms with Gasteiger partial charge in [-0.25, -0.2) is 0 Å². The number of furan rings is 1. The Labute approximate surface area is 127 Å². The summed E-state index contributed by atoms with van der Waals surface area (Å²) < 4.78 is 5.10. The smallest absolute Gasteiger partial charge is 0.225 e. The molecule has 0 bridgehead atoms. The Hall–Kier alpha value is -1.29. The van der Waals surface area contributed by atoms with Gasteiger partial charge in [0.05, 0.1) is 12.5 Å². The summed E-state index contributed by atoms with van der Waals surface area (Å²) in [5.41, 5.74) is 1.27. The van der Waals surface area contributed by atoms with Crippen molar-refractivity contribution in [2.24, 2.45) is 5.92 Å². The molecule has 1 aromatic rings. The van der Waals surface area contributed by atoms with Crippen LogP contribution in [0.1, 0.15) is 37.7 Å². The molecule has 3 heterocycles. The van der Waals surface area contributed by atoms with E-state index in [0.717, 1.165) is 52.0 Å². The maximum Gasteiger partial charge on any atom is 0.225 e. The van der Waals surface area contributed by atoms with E-state index < -0.39 is 0 Å². The van der Waals surface area contributed by atoms with Crippen LogP contribution in [0.25, 0.3) is 0 Å². The third-order valence-electron chi connectivity index (χ3n) is 4.90. The molecule has 3 rings (SSSR count). The maximum absolute atomic E-state index is 12.5. The van der Waals surface area contributed by atoms with Gasteiger partial charge in [-0.05, 0) is 63.2 Å². The Morgan fingerprint density at radius 2 is 1.90 bits per heavy atom. The summed E-state index contributed by atoms with van der Waals surface area (Å²) in [6, 6.07) is 2.03. The number of hydrogen-bond acceptors (Lipinski definition) is 3. The summed E-state index contributed by atoms with van der Waals surface area (Å²) >= 11 is 0. The van der Waals surface area contributed by atoms with Crippen molar-refractivity contribution in [3.63, 3.8) is 0 Å². The first-order valence-corrected chi connectivity index (χ1v) is 8.35. The summed E-state index contributed by atoms with van der Waals surface area (Å²) in [7, 11) is 0. The zero-order valence-corrected chi connectivity index (χ0v) is 12.8. The van der Waals surface area contributed by atoms with Gasteiger partial charge in [0.25, 0.3) is 0 Å². The van der Waals surface area contributed by atoms with Crippen molar-refractivity contribution >= 4 is 5.91 Å². The largest absolute Gasteiger partial charge is 0.472 e. The molecule has 0 aliphatic carbocycles. The molecule has 2 saturated heterocycles. The minimum Gasteiger partial charge on any atom is -0.472 e. The van der Waals surface area contributed by atoms with E-state index in [1.54, 1.807) is 6.26 Å². The minimum atomic E-state index is 0.272. The van der Waals surface area contributed by atoms with E-state index in [9.17, 15) is 4.79 Å². The Balaban J connectivity index is 1.41. The van der Waals surface area contributed by atoms with Gasteiger partial charge in [-0.15, -0.1) is 0 Å². The van der Waals surface area contributed by atoms with E-state index in [2.05, 4.69) is 9.80 Å². The second kappa shape index (κ2) is 7.12. The van der Waals surface area contributed by atoms with E-state index in [4.69, 9.17) is 4.42 Å². The van der Waals surface area contributed by atoms with E-state index in [1.807, 2.05) is 12.3 Å². The predicted molar refractivity (Wildman–Crippen MR) is 82.0 cm³/mol. The molecule has 1 aromatic heterocycles. The molecule has 2 aliphatic rings. The average Bonchev–Trinajstić information content (AvgIpc) is 3.07. The van der Waals surface area contributed by atoms with Crippen molar-refractivity contribution in [1.82, 2.24) is 9.80 Å². The SMILES string of the molecule is O=C(C1CCN(CCc2ccoc2)CC1)N1CCCCC1. The highest BCUT2D eigenvalue weighted by Crippen LogP contribution is 2.22. The van der Waals surface area contributed by atoms with Crippen LogP contribution in [0.5, 0.6) is 0 Å². The number of carbonyl (C=O) groups excluding carboxylic acids is 1. The number of rotatable bonds is 4. The number of hydrogen-bond donors (Lipinski definition) is 0. The molecule has 2 aliphatic heterocycles. The number of carbonyl (C=O) groups is 1. The van der Waals surface area contributed by atoms with E-state index in [1.165, 1.54) is 24.8 Å². The maximum atomic E-state index is 12.5. The zero-order chi connectivity index (χ0) is 14.5. The van der Waals surface area contributed by atoms with Crippen LogP contribution in [0, 0.1) is 5.92 Å². The van der Waals surface area contributed by atoms with Gasteiger partial charge < -0.3 is 14.2 Å². The normalized spacial score (nSPS) is 21.6. The Morgan fingerprint density at radius 1 is 1.14 bits per heavy atom. The lowest BCUT2D eigenvalue weighted by atomic mass is 9.94. The summed E-state index contributed by atoms with van der Waals surface area (Å²) in [5, 5.41) is 0. The quantitative estimate of drug-likeness (QED) is 0.855. The number of nitrogens with zero attached hydrogens (tertiary/aromatic N) is 2. The molecule has 4 heteroatoms. The van der Waals surface area contributed by atoms with Crippen molar-refractivity contribution < 1.29 is 9.21 Å². The highest BCUT2D eigenvalue weighted by molar-refractivity contribution is 5.79. The highest BCUT2D eigenvalue weighted by atomic mass is 16.3. The fourth-order valence-electron chi connectivity index (χ4n) is 3.50. The van der Waals surface area contributed by atoms with Crippen molar-refractivity contribution in [1.29, 1.82) is 0 Å². The van der Waals surface area contributed by atoms with Crippen LogP contribution in [0.2, 0.25) is 0 Å². The molecule has 1 amide bonds. The van der Waals surface area contributed by atoms with Gasteiger partial charge in [-0.1, -0.05) is 0 Å². The summed E-state index contributed by atoms with van der Waals surface area (Å²) in [4.78, 5) is 17.1. The molecule has 21 heavy (non-hydrogen) atoms. The van der Waals surface area contributed by atoms with Crippen LogP contribution < -0.4 is 0 Å². The molecule has 116 valence electrons. The summed E-state index contributed by atoms with van der Waals surface area (Å²) in [6.07, 6.45) is 10.3. The molecule has 4 nitrogen and oxygen atoms in total. The van der Waals surface area contributed by atoms with Gasteiger partial charge in [0.2, 0.25) is 5.91 Å². The predicted octanol–water partition coefficient (Wildman–Crippen LogP) is 2.55. The standard InChI is InChI=1S/C17H26N2O2/c20-17(19-8-2-1-3-9-19)16-5-11-18(12-6-16)10-4-15-7-13-21-14-15/h7,13-14,16H,1-6,8-12H2. The van der Waals surface area contributed by atoms with E-state index in [0.29, 0.717) is 5.91 Å². The average molecular weight is 290 g/mol. The highest BCUT2D eigenvalue weighted by Gasteiger charge is 2.28. The molecular weight excluding hydrogens is 264 g/mol. The third kappa shape index (κ3) is 3.88. The van der Waals surface area contributed by atoms with Gasteiger partial charge in [0, 0.05) is 25.6 Å². The van der Waals surface area contributed by atoms with Crippen molar-refractivity contribution in [2.75, 3.05) is 32.7 Å². The van der Waals surface area contributed by atoms with Crippen LogP contribution >= 0.6 is 0 Å². The molecule has 0 atom stereocenters. The Bertz CT molecular complexity index is 430. The van der Waals surface area contributed by atoms with Gasteiger partial charge in [0.15, 0.2) is 0 Å². The van der Waals surface area contributed by atoms with Gasteiger partial charge in [-0.3, -0.25) is 4.79 Å². The monoisotopic (exact) mass is 290 g/mol. The summed E-state index contributed by atoms with van der Waals surface area (Å²) in [5.74, 6) is 0.692. The molecule has 2 fully saturated rings. The Kier molecular flexibility index (Phi) is 4.96. The molecule has 0 N–H and O–H groups in total. The number of amides is 1. The van der Waals surface area contributed by atoms with Crippen LogP contribution in [0.15, 0.2) is 23.0 Å². The van der Waals surface area contributed by atoms with Crippen molar-refractivity contribution in [3.8, 4) is 0 Å². The fraction of sp³-hybridized carbons (Fsp3) is 0.706. The lowest BCUT2D eigenvalue weighted by Gasteiger charge is -2.35. The third-order valence-corrected chi connectivity index (χ3v) is 4.90. The van der Waals surface area contributed by atoms with Gasteiger partial charge in [-0.2, -0.15) is 0 Å². The molecule has 0 saturated carbocycles. The van der Waals surface area contributed by atoms with Crippen LogP contribution in [0.3, 0.4) is 0 Å². The topological polar surface area (TPSA) is 36.7 Å². The van der Waals surface area contributed by atoms with E-state index in [-0.39, 0.29) is 5.92 Å². The number of piperidine rings is 2. The molecule has 0 unspecified atom stereocenters. The lowest BCUT2D eigenvalue weighted by molar-refractivity contribution is -0.138. The summed E-state index contributed by atoms with van der Waals surface area (Å²) in [6.45, 7) is 5.16. The van der Waals surface area contributed by atoms with Gasteiger partial charge in [0.1, 0.15) is 0 Å². The van der Waals surface area contributed by atoms with Crippen molar-refractivity contribution in [3.05, 3.63) is 24.2 Å². The molecular formula is C17H26N2O2. The van der Waals surface area contributed by atoms with Crippen LogP contribution in [-0.2, 0) is 11.2 Å². The number of likely N-dealkylation sites (tertiary alicyclic amines) is 2. The Morgan fingerprint density at radius 3 is 2.57 bits per heavy atom. The molecule has 0 spiro atoms. The lowest BCUT2D eigenvalue weighted by Crippen LogP contribution is -2.44. The first kappa shape index (κ1) is 14.6. The minimum absolute atomic E-state index is 0.272.